The van der Waals surface area contributed by atoms with E-state index in [4.69, 9.17) is 9.72 Å². The van der Waals surface area contributed by atoms with Crippen molar-refractivity contribution >= 4 is 16.9 Å². The Morgan fingerprint density at radius 3 is 2.83 bits per heavy atom. The third-order valence-electron chi connectivity index (χ3n) is 5.89. The number of nitrogens with zero attached hydrogens (tertiary/aromatic N) is 2. The Morgan fingerprint density at radius 2 is 2.07 bits per heavy atom. The molecule has 1 aromatic carbocycles. The zero-order chi connectivity index (χ0) is 21.0. The lowest BCUT2D eigenvalue weighted by Crippen LogP contribution is -2.44. The Bertz CT molecular complexity index is 1360. The van der Waals surface area contributed by atoms with Gasteiger partial charge in [-0.2, -0.15) is 0 Å². The third-order valence-corrected chi connectivity index (χ3v) is 5.89. The first kappa shape index (κ1) is 18.6. The quantitative estimate of drug-likeness (QED) is 0.369. The maximum Gasteiger partial charge on any atom is 0.343 e. The van der Waals surface area contributed by atoms with Gasteiger partial charge in [-0.05, 0) is 18.6 Å². The number of hydrogen-bond acceptors (Lipinski definition) is 6. The summed E-state index contributed by atoms with van der Waals surface area (Å²) in [5, 5.41) is 21.0. The van der Waals surface area contributed by atoms with Gasteiger partial charge in [-0.3, -0.25) is 4.79 Å². The average molecular weight is 402 g/mol. The summed E-state index contributed by atoms with van der Waals surface area (Å²) in [6.07, 6.45) is 0.0902. The molecule has 7 nitrogen and oxygen atoms in total. The number of aromatic nitrogens is 2. The van der Waals surface area contributed by atoms with Crippen molar-refractivity contribution in [3.8, 4) is 23.2 Å². The fourth-order valence-corrected chi connectivity index (χ4v) is 4.30. The first-order valence-electron chi connectivity index (χ1n) is 9.68. The molecule has 0 radical (unpaired) electrons. The van der Waals surface area contributed by atoms with Crippen LogP contribution in [0.25, 0.3) is 22.3 Å². The summed E-state index contributed by atoms with van der Waals surface area (Å²) in [6.45, 7) is 1.49. The van der Waals surface area contributed by atoms with E-state index in [1.54, 1.807) is 17.6 Å². The van der Waals surface area contributed by atoms with Crippen LogP contribution >= 0.6 is 0 Å². The fourth-order valence-electron chi connectivity index (χ4n) is 4.30. The maximum absolute atomic E-state index is 13.3. The Kier molecular flexibility index (Phi) is 4.03. The molecule has 5 rings (SSSR count). The second-order valence-corrected chi connectivity index (χ2v) is 7.39. The lowest BCUT2D eigenvalue weighted by atomic mass is 9.86. The molecule has 0 bridgehead atoms. The second kappa shape index (κ2) is 6.52. The molecule has 2 aliphatic heterocycles. The van der Waals surface area contributed by atoms with Crippen LogP contribution in [0.4, 0.5) is 0 Å². The third kappa shape index (κ3) is 2.38. The highest BCUT2D eigenvalue weighted by molar-refractivity contribution is 5.91. The zero-order valence-corrected chi connectivity index (χ0v) is 16.2. The largest absolute Gasteiger partial charge is 0.458 e. The standard InChI is InChI=1S/C23H18N2O5/c1-2-23(29)17-10-19-20-15(11-25(19)21(27)16(17)12-30-22(23)28)13(7-5-9-26)14-6-3-4-8-18(14)24-20/h3-4,6,8,10,26,29H,2,9,11-12H2,1H3/t23-/m0/s1. The average Bonchev–Trinajstić information content (AvgIpc) is 3.13. The number of cyclic esters (lactones) is 1. The Hall–Kier alpha value is -3.47. The summed E-state index contributed by atoms with van der Waals surface area (Å²) in [4.78, 5) is 30.3. The van der Waals surface area contributed by atoms with Crippen molar-refractivity contribution < 1.29 is 19.7 Å². The first-order chi connectivity index (χ1) is 14.5. The molecule has 0 spiro atoms. The number of carbonyl (C=O) groups is 1. The number of benzene rings is 1. The minimum atomic E-state index is -1.86. The van der Waals surface area contributed by atoms with E-state index in [1.165, 1.54) is 0 Å². The van der Waals surface area contributed by atoms with Gasteiger partial charge in [0.1, 0.15) is 13.2 Å². The molecule has 2 N–H and O–H groups in total. The molecule has 0 fully saturated rings. The van der Waals surface area contributed by atoms with Crippen LogP contribution < -0.4 is 5.56 Å². The molecular weight excluding hydrogens is 384 g/mol. The van der Waals surface area contributed by atoms with E-state index in [9.17, 15) is 19.8 Å². The normalized spacial score (nSPS) is 18.8. The smallest absolute Gasteiger partial charge is 0.343 e. The molecule has 1 atom stereocenters. The van der Waals surface area contributed by atoms with Crippen LogP contribution in [0.15, 0.2) is 35.1 Å². The summed E-state index contributed by atoms with van der Waals surface area (Å²) in [6, 6.07) is 9.20. The highest BCUT2D eigenvalue weighted by atomic mass is 16.6. The number of hydrogen-bond donors (Lipinski definition) is 2. The van der Waals surface area contributed by atoms with E-state index >= 15 is 0 Å². The summed E-state index contributed by atoms with van der Waals surface area (Å²) in [7, 11) is 0. The van der Waals surface area contributed by atoms with Gasteiger partial charge in [-0.25, -0.2) is 9.78 Å². The van der Waals surface area contributed by atoms with Gasteiger partial charge in [0.2, 0.25) is 0 Å². The van der Waals surface area contributed by atoms with Gasteiger partial charge in [0.15, 0.2) is 5.60 Å². The lowest BCUT2D eigenvalue weighted by molar-refractivity contribution is -0.172. The molecule has 2 aliphatic rings. The molecular formula is C23H18N2O5. The number of aliphatic hydroxyl groups is 2. The van der Waals surface area contributed by atoms with Crippen molar-refractivity contribution in [2.45, 2.75) is 32.1 Å². The van der Waals surface area contributed by atoms with Gasteiger partial charge in [0.25, 0.3) is 5.56 Å². The van der Waals surface area contributed by atoms with Crippen LogP contribution in [-0.4, -0.2) is 32.3 Å². The van der Waals surface area contributed by atoms with Crippen LogP contribution in [0.2, 0.25) is 0 Å². The Balaban J connectivity index is 1.84. The van der Waals surface area contributed by atoms with Gasteiger partial charge in [0, 0.05) is 22.1 Å². The van der Waals surface area contributed by atoms with Gasteiger partial charge in [-0.1, -0.05) is 37.0 Å². The van der Waals surface area contributed by atoms with Crippen molar-refractivity contribution in [1.29, 1.82) is 0 Å². The molecule has 0 saturated heterocycles. The number of pyridine rings is 2. The van der Waals surface area contributed by atoms with Crippen LogP contribution in [0.5, 0.6) is 0 Å². The van der Waals surface area contributed by atoms with Crippen molar-refractivity contribution in [1.82, 2.24) is 9.55 Å². The van der Waals surface area contributed by atoms with E-state index < -0.39 is 11.6 Å². The predicted molar refractivity (Wildman–Crippen MR) is 108 cm³/mol. The van der Waals surface area contributed by atoms with Crippen LogP contribution in [-0.2, 0) is 28.3 Å². The SMILES string of the molecule is CC[C@@]1(O)C(=O)OCc2c1cc1n(c2=O)Cc2c-1nc1ccccc1c2C#CCO. The number of rotatable bonds is 1. The van der Waals surface area contributed by atoms with Crippen molar-refractivity contribution in [2.24, 2.45) is 0 Å². The molecule has 30 heavy (non-hydrogen) atoms. The molecule has 0 saturated carbocycles. The molecule has 3 aromatic rings. The minimum absolute atomic E-state index is 0.0902. The number of fused-ring (bicyclic) bond motifs is 5. The number of carbonyl (C=O) groups excluding carboxylic acids is 1. The summed E-state index contributed by atoms with van der Waals surface area (Å²) < 4.78 is 6.68. The molecule has 0 unspecified atom stereocenters. The van der Waals surface area contributed by atoms with E-state index in [-0.39, 0.29) is 42.9 Å². The highest BCUT2D eigenvalue weighted by Crippen LogP contribution is 2.39. The molecule has 0 amide bonds. The van der Waals surface area contributed by atoms with Crippen LogP contribution in [0.1, 0.15) is 35.6 Å². The summed E-state index contributed by atoms with van der Waals surface area (Å²) >= 11 is 0. The fraction of sp³-hybridized carbons (Fsp3) is 0.261. The number of para-hydroxylation sites is 1. The molecule has 4 heterocycles. The van der Waals surface area contributed by atoms with Crippen molar-refractivity contribution in [3.63, 3.8) is 0 Å². The molecule has 2 aromatic heterocycles. The molecule has 0 aliphatic carbocycles. The van der Waals surface area contributed by atoms with E-state index in [0.29, 0.717) is 22.5 Å². The monoisotopic (exact) mass is 402 g/mol. The van der Waals surface area contributed by atoms with Gasteiger partial charge >= 0.3 is 5.97 Å². The highest BCUT2D eigenvalue weighted by Gasteiger charge is 2.45. The van der Waals surface area contributed by atoms with Gasteiger partial charge < -0.3 is 19.5 Å². The molecule has 150 valence electrons. The predicted octanol–water partition coefficient (Wildman–Crippen LogP) is 1.42. The van der Waals surface area contributed by atoms with E-state index in [0.717, 1.165) is 10.9 Å². The summed E-state index contributed by atoms with van der Waals surface area (Å²) in [5.41, 5.74) is 1.71. The Labute approximate surface area is 171 Å². The van der Waals surface area contributed by atoms with Crippen LogP contribution in [0, 0.1) is 11.8 Å². The van der Waals surface area contributed by atoms with E-state index in [1.807, 2.05) is 24.3 Å². The first-order valence-corrected chi connectivity index (χ1v) is 9.68. The van der Waals surface area contributed by atoms with Crippen molar-refractivity contribution in [3.05, 3.63) is 62.9 Å². The Morgan fingerprint density at radius 1 is 1.27 bits per heavy atom. The zero-order valence-electron chi connectivity index (χ0n) is 16.2. The number of aliphatic hydroxyl groups excluding tert-OH is 1. The second-order valence-electron chi connectivity index (χ2n) is 7.39. The summed E-state index contributed by atoms with van der Waals surface area (Å²) in [5.74, 6) is 4.96. The van der Waals surface area contributed by atoms with Crippen molar-refractivity contribution in [2.75, 3.05) is 6.61 Å². The van der Waals surface area contributed by atoms with Gasteiger partial charge in [0.05, 0.1) is 29.0 Å². The number of esters is 1. The molecule has 7 heteroatoms. The number of ether oxygens (including phenoxy) is 1. The lowest BCUT2D eigenvalue weighted by Gasteiger charge is -2.31. The van der Waals surface area contributed by atoms with Crippen LogP contribution in [0.3, 0.4) is 0 Å². The van der Waals surface area contributed by atoms with E-state index in [2.05, 4.69) is 11.8 Å². The topological polar surface area (TPSA) is 102 Å². The maximum atomic E-state index is 13.3. The van der Waals surface area contributed by atoms with Gasteiger partial charge in [-0.15, -0.1) is 0 Å². The minimum Gasteiger partial charge on any atom is -0.458 e.